The molecule has 0 spiro atoms. The number of ether oxygens (including phenoxy) is 1. The number of carbonyl (C=O) groups excluding carboxylic acids is 1. The van der Waals surface area contributed by atoms with Gasteiger partial charge in [0.05, 0.1) is 17.2 Å². The summed E-state index contributed by atoms with van der Waals surface area (Å²) in [6.45, 7) is 2.65. The Hall–Kier alpha value is -2.34. The van der Waals surface area contributed by atoms with Crippen molar-refractivity contribution in [3.8, 4) is 5.75 Å². The lowest BCUT2D eigenvalue weighted by molar-refractivity contribution is 0.102. The van der Waals surface area contributed by atoms with Gasteiger partial charge in [0.1, 0.15) is 5.75 Å². The zero-order valence-corrected chi connectivity index (χ0v) is 14.6. The number of carbonyl (C=O) groups is 1. The highest BCUT2D eigenvalue weighted by molar-refractivity contribution is 7.90. The first kappa shape index (κ1) is 18.0. The highest BCUT2D eigenvalue weighted by atomic mass is 32.2. The summed E-state index contributed by atoms with van der Waals surface area (Å²) in [5.74, 6) is 0.214. The summed E-state index contributed by atoms with van der Waals surface area (Å²) in [6.07, 6.45) is 3.06. The molecular weight excluding hydrogens is 326 g/mol. The Morgan fingerprint density at radius 1 is 1.12 bits per heavy atom. The topological polar surface area (TPSA) is 72.5 Å². The van der Waals surface area contributed by atoms with Crippen LogP contribution in [0.4, 0.5) is 5.69 Å². The predicted octanol–water partition coefficient (Wildman–Crippen LogP) is 3.52. The highest BCUT2D eigenvalue weighted by Gasteiger charge is 2.13. The van der Waals surface area contributed by atoms with Crippen molar-refractivity contribution >= 4 is 21.4 Å². The lowest BCUT2D eigenvalue weighted by Gasteiger charge is -2.12. The second kappa shape index (κ2) is 7.97. The number of unbranched alkanes of at least 4 members (excludes halogenated alkanes) is 1. The van der Waals surface area contributed by atoms with Gasteiger partial charge in [-0.2, -0.15) is 0 Å². The van der Waals surface area contributed by atoms with Gasteiger partial charge in [0.15, 0.2) is 9.84 Å². The molecule has 2 rings (SSSR count). The molecule has 24 heavy (non-hydrogen) atoms. The van der Waals surface area contributed by atoms with Gasteiger partial charge in [-0.3, -0.25) is 4.79 Å². The molecule has 0 bridgehead atoms. The molecule has 0 unspecified atom stereocenters. The van der Waals surface area contributed by atoms with Crippen molar-refractivity contribution in [2.75, 3.05) is 18.2 Å². The molecule has 0 aliphatic heterocycles. The molecule has 0 saturated heterocycles. The van der Waals surface area contributed by atoms with Crippen molar-refractivity contribution in [3.63, 3.8) is 0 Å². The molecule has 2 aromatic rings. The molecule has 0 aromatic heterocycles. The fourth-order valence-corrected chi connectivity index (χ4v) is 2.75. The van der Waals surface area contributed by atoms with Crippen molar-refractivity contribution in [2.45, 2.75) is 24.7 Å². The molecule has 2 aromatic carbocycles. The van der Waals surface area contributed by atoms with Crippen LogP contribution < -0.4 is 10.1 Å². The monoisotopic (exact) mass is 347 g/mol. The third-order valence-electron chi connectivity index (χ3n) is 3.42. The number of hydrogen-bond acceptors (Lipinski definition) is 4. The number of sulfone groups is 1. The van der Waals surface area contributed by atoms with E-state index in [1.807, 2.05) is 6.07 Å². The molecule has 0 saturated carbocycles. The molecule has 0 atom stereocenters. The van der Waals surface area contributed by atoms with Gasteiger partial charge >= 0.3 is 0 Å². The van der Waals surface area contributed by atoms with Crippen molar-refractivity contribution < 1.29 is 17.9 Å². The minimum absolute atomic E-state index is 0.114. The third kappa shape index (κ3) is 4.83. The minimum Gasteiger partial charge on any atom is -0.491 e. The fourth-order valence-electron chi connectivity index (χ4n) is 2.08. The van der Waals surface area contributed by atoms with Crippen LogP contribution in [0.25, 0.3) is 0 Å². The van der Waals surface area contributed by atoms with E-state index in [1.165, 1.54) is 12.1 Å². The van der Waals surface area contributed by atoms with Crippen molar-refractivity contribution in [1.82, 2.24) is 0 Å². The number of anilines is 1. The van der Waals surface area contributed by atoms with E-state index in [2.05, 4.69) is 12.2 Å². The van der Waals surface area contributed by atoms with Gasteiger partial charge in [-0.05, 0) is 36.8 Å². The van der Waals surface area contributed by atoms with E-state index in [4.69, 9.17) is 4.74 Å². The Kier molecular flexibility index (Phi) is 5.98. The molecule has 1 amide bonds. The first-order chi connectivity index (χ1) is 11.4. The lowest BCUT2D eigenvalue weighted by Crippen LogP contribution is -2.13. The molecule has 0 aliphatic carbocycles. The SMILES string of the molecule is CCCCOc1ccccc1NC(=O)c1cccc(S(C)(=O)=O)c1. The van der Waals surface area contributed by atoms with E-state index in [-0.39, 0.29) is 16.4 Å². The summed E-state index contributed by atoms with van der Waals surface area (Å²) in [7, 11) is -3.36. The maximum Gasteiger partial charge on any atom is 0.255 e. The number of para-hydroxylation sites is 2. The third-order valence-corrected chi connectivity index (χ3v) is 4.53. The molecule has 6 heteroatoms. The van der Waals surface area contributed by atoms with Crippen LogP contribution in [-0.2, 0) is 9.84 Å². The zero-order chi connectivity index (χ0) is 17.6. The first-order valence-electron chi connectivity index (χ1n) is 7.75. The Bertz CT molecular complexity index is 815. The van der Waals surface area contributed by atoms with E-state index in [0.29, 0.717) is 18.0 Å². The molecule has 0 radical (unpaired) electrons. The average molecular weight is 347 g/mol. The Morgan fingerprint density at radius 3 is 2.58 bits per heavy atom. The summed E-state index contributed by atoms with van der Waals surface area (Å²) >= 11 is 0. The minimum atomic E-state index is -3.36. The van der Waals surface area contributed by atoms with Crippen LogP contribution in [0.15, 0.2) is 53.4 Å². The van der Waals surface area contributed by atoms with E-state index < -0.39 is 9.84 Å². The largest absolute Gasteiger partial charge is 0.491 e. The number of hydrogen-bond donors (Lipinski definition) is 1. The molecule has 0 fully saturated rings. The average Bonchev–Trinajstić information content (AvgIpc) is 2.56. The van der Waals surface area contributed by atoms with Crippen LogP contribution in [0.2, 0.25) is 0 Å². The van der Waals surface area contributed by atoms with Crippen LogP contribution in [0.5, 0.6) is 5.75 Å². The summed E-state index contributed by atoms with van der Waals surface area (Å²) in [6, 6.07) is 13.1. The van der Waals surface area contributed by atoms with Gasteiger partial charge in [0.2, 0.25) is 0 Å². The van der Waals surface area contributed by atoms with Crippen molar-refractivity contribution in [1.29, 1.82) is 0 Å². The standard InChI is InChI=1S/C18H21NO4S/c1-3-4-12-23-17-11-6-5-10-16(17)19-18(20)14-8-7-9-15(13-14)24(2,21)22/h5-11,13H,3-4,12H2,1-2H3,(H,19,20). The molecular formula is C18H21NO4S. The molecule has 128 valence electrons. The summed E-state index contributed by atoms with van der Waals surface area (Å²) in [5.41, 5.74) is 0.838. The molecule has 5 nitrogen and oxygen atoms in total. The Morgan fingerprint density at radius 2 is 1.88 bits per heavy atom. The van der Waals surface area contributed by atoms with Gasteiger partial charge in [-0.15, -0.1) is 0 Å². The lowest BCUT2D eigenvalue weighted by atomic mass is 10.2. The zero-order valence-electron chi connectivity index (χ0n) is 13.8. The highest BCUT2D eigenvalue weighted by Crippen LogP contribution is 2.25. The van der Waals surface area contributed by atoms with Gasteiger partial charge in [0, 0.05) is 11.8 Å². The van der Waals surface area contributed by atoms with Gasteiger partial charge in [-0.1, -0.05) is 31.5 Å². The number of benzene rings is 2. The molecule has 0 aliphatic rings. The van der Waals surface area contributed by atoms with Gasteiger partial charge in [0.25, 0.3) is 5.91 Å². The van der Waals surface area contributed by atoms with E-state index in [0.717, 1.165) is 19.1 Å². The van der Waals surface area contributed by atoms with Crippen molar-refractivity contribution in [3.05, 3.63) is 54.1 Å². The Labute approximate surface area is 142 Å². The number of rotatable bonds is 7. The fraction of sp³-hybridized carbons (Fsp3) is 0.278. The van der Waals surface area contributed by atoms with Gasteiger partial charge in [-0.25, -0.2) is 8.42 Å². The normalized spacial score (nSPS) is 11.1. The Balaban J connectivity index is 2.18. The van der Waals surface area contributed by atoms with E-state index >= 15 is 0 Å². The smallest absolute Gasteiger partial charge is 0.255 e. The van der Waals surface area contributed by atoms with Crippen molar-refractivity contribution in [2.24, 2.45) is 0 Å². The first-order valence-corrected chi connectivity index (χ1v) is 9.64. The number of amides is 1. The maximum absolute atomic E-state index is 12.4. The number of nitrogens with one attached hydrogen (secondary N) is 1. The van der Waals surface area contributed by atoms with Crippen LogP contribution in [0, 0.1) is 0 Å². The second-order valence-electron chi connectivity index (χ2n) is 5.45. The summed E-state index contributed by atoms with van der Waals surface area (Å²) < 4.78 is 28.9. The van der Waals surface area contributed by atoms with Crippen LogP contribution in [-0.4, -0.2) is 27.2 Å². The summed E-state index contributed by atoms with van der Waals surface area (Å²) in [5, 5.41) is 2.77. The van der Waals surface area contributed by atoms with Gasteiger partial charge < -0.3 is 10.1 Å². The van der Waals surface area contributed by atoms with E-state index in [9.17, 15) is 13.2 Å². The molecule has 1 N–H and O–H groups in total. The van der Waals surface area contributed by atoms with E-state index in [1.54, 1.807) is 30.3 Å². The summed E-state index contributed by atoms with van der Waals surface area (Å²) in [4.78, 5) is 12.5. The van der Waals surface area contributed by atoms with Crippen LogP contribution >= 0.6 is 0 Å². The predicted molar refractivity (Wildman–Crippen MR) is 94.4 cm³/mol. The molecule has 0 heterocycles. The van der Waals surface area contributed by atoms with Crippen LogP contribution in [0.3, 0.4) is 0 Å². The quantitative estimate of drug-likeness (QED) is 0.778. The second-order valence-corrected chi connectivity index (χ2v) is 7.47. The van der Waals surface area contributed by atoms with Crippen LogP contribution in [0.1, 0.15) is 30.1 Å². The maximum atomic E-state index is 12.4.